The Morgan fingerprint density at radius 2 is 2.42 bits per heavy atom. The van der Waals surface area contributed by atoms with Crippen molar-refractivity contribution in [2.75, 3.05) is 19.0 Å². The van der Waals surface area contributed by atoms with Gasteiger partial charge >= 0.3 is 0 Å². The van der Waals surface area contributed by atoms with Crippen LogP contribution in [-0.2, 0) is 9.53 Å². The van der Waals surface area contributed by atoms with Gasteiger partial charge in [0.25, 0.3) is 0 Å². The number of carbonyl (C=O) groups is 1. The zero-order chi connectivity index (χ0) is 13.7. The molecule has 1 amide bonds. The number of nitrogens with one attached hydrogen (secondary N) is 1. The maximum absolute atomic E-state index is 11.7. The van der Waals surface area contributed by atoms with Crippen molar-refractivity contribution in [3.63, 3.8) is 0 Å². The molecule has 1 unspecified atom stereocenters. The summed E-state index contributed by atoms with van der Waals surface area (Å²) in [4.78, 5) is 11.7. The molecule has 0 saturated carbocycles. The van der Waals surface area contributed by atoms with Gasteiger partial charge in [-0.25, -0.2) is 4.68 Å². The molecule has 0 spiro atoms. The smallest absolute Gasteiger partial charge is 0.243 e. The number of anilines is 1. The van der Waals surface area contributed by atoms with E-state index in [4.69, 9.17) is 10.5 Å². The predicted molar refractivity (Wildman–Crippen MR) is 69.8 cm³/mol. The van der Waals surface area contributed by atoms with Gasteiger partial charge in [-0.15, -0.1) is 5.10 Å². The quantitative estimate of drug-likeness (QED) is 0.800. The van der Waals surface area contributed by atoms with Crippen molar-refractivity contribution in [1.29, 1.82) is 0 Å². The molecule has 2 rings (SSSR count). The molecule has 1 aromatic carbocycles. The Kier molecular flexibility index (Phi) is 4.22. The van der Waals surface area contributed by atoms with Gasteiger partial charge in [0.1, 0.15) is 6.04 Å². The molecule has 19 heavy (non-hydrogen) atoms. The van der Waals surface area contributed by atoms with Crippen LogP contribution in [0.1, 0.15) is 0 Å². The molecule has 2 aromatic rings. The van der Waals surface area contributed by atoms with Gasteiger partial charge in [0.2, 0.25) is 5.91 Å². The summed E-state index contributed by atoms with van der Waals surface area (Å²) in [5.41, 5.74) is 7.09. The van der Waals surface area contributed by atoms with E-state index >= 15 is 0 Å². The molecule has 100 valence electrons. The third kappa shape index (κ3) is 3.36. The molecule has 1 aromatic heterocycles. The second-order valence-corrected chi connectivity index (χ2v) is 3.95. The van der Waals surface area contributed by atoms with E-state index in [-0.39, 0.29) is 12.5 Å². The van der Waals surface area contributed by atoms with E-state index in [0.29, 0.717) is 5.69 Å². The van der Waals surface area contributed by atoms with Crippen LogP contribution in [0.4, 0.5) is 5.69 Å². The topological polar surface area (TPSA) is 95.1 Å². The standard InChI is InChI=1S/C12H15N5O2/c1-19-8-11(13)12(18)15-9-3-2-4-10(7-9)17-6-5-14-16-17/h2-7,11H,8,13H2,1H3,(H,15,18). The molecular weight excluding hydrogens is 246 g/mol. The Hall–Kier alpha value is -2.25. The van der Waals surface area contributed by atoms with Crippen molar-refractivity contribution in [3.05, 3.63) is 36.7 Å². The maximum Gasteiger partial charge on any atom is 0.243 e. The summed E-state index contributed by atoms with van der Waals surface area (Å²) in [6.45, 7) is 0.175. The van der Waals surface area contributed by atoms with Crippen LogP contribution in [0.2, 0.25) is 0 Å². The van der Waals surface area contributed by atoms with Crippen LogP contribution in [0.3, 0.4) is 0 Å². The molecule has 1 atom stereocenters. The molecule has 0 aliphatic rings. The molecule has 7 nitrogen and oxygen atoms in total. The molecule has 0 fully saturated rings. The van der Waals surface area contributed by atoms with Crippen molar-refractivity contribution in [2.45, 2.75) is 6.04 Å². The number of carbonyl (C=O) groups excluding carboxylic acids is 1. The normalized spacial score (nSPS) is 12.1. The third-order valence-corrected chi connectivity index (χ3v) is 2.48. The van der Waals surface area contributed by atoms with Crippen LogP contribution < -0.4 is 11.1 Å². The monoisotopic (exact) mass is 261 g/mol. The van der Waals surface area contributed by atoms with Gasteiger partial charge in [-0.1, -0.05) is 11.3 Å². The zero-order valence-electron chi connectivity index (χ0n) is 10.5. The zero-order valence-corrected chi connectivity index (χ0v) is 10.5. The van der Waals surface area contributed by atoms with E-state index in [9.17, 15) is 4.79 Å². The van der Waals surface area contributed by atoms with E-state index in [1.807, 2.05) is 12.1 Å². The summed E-state index contributed by atoms with van der Waals surface area (Å²) in [5, 5.41) is 10.3. The van der Waals surface area contributed by atoms with Crippen LogP contribution in [-0.4, -0.2) is 40.7 Å². The average molecular weight is 261 g/mol. The second-order valence-electron chi connectivity index (χ2n) is 3.95. The minimum Gasteiger partial charge on any atom is -0.383 e. The van der Waals surface area contributed by atoms with E-state index in [1.54, 1.807) is 29.2 Å². The Morgan fingerprint density at radius 1 is 1.58 bits per heavy atom. The summed E-state index contributed by atoms with van der Waals surface area (Å²) >= 11 is 0. The van der Waals surface area contributed by atoms with Crippen molar-refractivity contribution in [3.8, 4) is 5.69 Å². The number of amides is 1. The fourth-order valence-corrected chi connectivity index (χ4v) is 1.56. The fourth-order valence-electron chi connectivity index (χ4n) is 1.56. The van der Waals surface area contributed by atoms with Gasteiger partial charge in [0.15, 0.2) is 0 Å². The van der Waals surface area contributed by atoms with E-state index in [1.165, 1.54) is 7.11 Å². The fraction of sp³-hybridized carbons (Fsp3) is 0.250. The highest BCUT2D eigenvalue weighted by Crippen LogP contribution is 2.13. The number of hydrogen-bond acceptors (Lipinski definition) is 5. The largest absolute Gasteiger partial charge is 0.383 e. The van der Waals surface area contributed by atoms with Crippen molar-refractivity contribution >= 4 is 11.6 Å². The number of benzene rings is 1. The van der Waals surface area contributed by atoms with Crippen LogP contribution >= 0.6 is 0 Å². The first-order chi connectivity index (χ1) is 9.20. The molecule has 3 N–H and O–H groups in total. The van der Waals surface area contributed by atoms with Crippen LogP contribution in [0, 0.1) is 0 Å². The lowest BCUT2D eigenvalue weighted by Crippen LogP contribution is -2.39. The summed E-state index contributed by atoms with van der Waals surface area (Å²) in [6.07, 6.45) is 3.30. The highest BCUT2D eigenvalue weighted by Gasteiger charge is 2.13. The Labute approximate surface area is 110 Å². The minimum atomic E-state index is -0.694. The highest BCUT2D eigenvalue weighted by atomic mass is 16.5. The van der Waals surface area contributed by atoms with Gasteiger partial charge in [0.05, 0.1) is 24.7 Å². The number of rotatable bonds is 5. The number of nitrogens with zero attached hydrogens (tertiary/aromatic N) is 3. The summed E-state index contributed by atoms with van der Waals surface area (Å²) < 4.78 is 6.44. The maximum atomic E-state index is 11.7. The van der Waals surface area contributed by atoms with Crippen molar-refractivity contribution < 1.29 is 9.53 Å². The highest BCUT2D eigenvalue weighted by molar-refractivity contribution is 5.94. The van der Waals surface area contributed by atoms with Gasteiger partial charge in [-0.05, 0) is 18.2 Å². The van der Waals surface area contributed by atoms with Gasteiger partial charge in [0, 0.05) is 12.8 Å². The summed E-state index contributed by atoms with van der Waals surface area (Å²) in [7, 11) is 1.50. The first kappa shape index (κ1) is 13.2. The SMILES string of the molecule is COCC(N)C(=O)Nc1cccc(-n2ccnn2)c1. The van der Waals surface area contributed by atoms with Gasteiger partial charge in [-0.2, -0.15) is 0 Å². The molecule has 0 bridgehead atoms. The first-order valence-electron chi connectivity index (χ1n) is 5.73. The van der Waals surface area contributed by atoms with Crippen LogP contribution in [0.25, 0.3) is 5.69 Å². The van der Waals surface area contributed by atoms with Crippen LogP contribution in [0.5, 0.6) is 0 Å². The molecule has 0 radical (unpaired) electrons. The van der Waals surface area contributed by atoms with Crippen LogP contribution in [0.15, 0.2) is 36.7 Å². The third-order valence-electron chi connectivity index (χ3n) is 2.48. The first-order valence-corrected chi connectivity index (χ1v) is 5.73. The van der Waals surface area contributed by atoms with Gasteiger partial charge < -0.3 is 15.8 Å². The lowest BCUT2D eigenvalue weighted by Gasteiger charge is -2.11. The van der Waals surface area contributed by atoms with Crippen molar-refractivity contribution in [2.24, 2.45) is 5.73 Å². The van der Waals surface area contributed by atoms with E-state index < -0.39 is 6.04 Å². The Bertz CT molecular complexity index is 541. The van der Waals surface area contributed by atoms with Gasteiger partial charge in [-0.3, -0.25) is 4.79 Å². The number of hydrogen-bond donors (Lipinski definition) is 2. The summed E-state index contributed by atoms with van der Waals surface area (Å²) in [6, 6.07) is 6.54. The molecule has 0 aliphatic carbocycles. The molecule has 0 saturated heterocycles. The number of methoxy groups -OCH3 is 1. The number of ether oxygens (including phenoxy) is 1. The second kappa shape index (κ2) is 6.07. The van der Waals surface area contributed by atoms with E-state index in [0.717, 1.165) is 5.69 Å². The molecule has 7 heteroatoms. The Morgan fingerprint density at radius 3 is 3.11 bits per heavy atom. The number of aromatic nitrogens is 3. The Balaban J connectivity index is 2.09. The molecular formula is C12H15N5O2. The lowest BCUT2D eigenvalue weighted by atomic mass is 10.2. The summed E-state index contributed by atoms with van der Waals surface area (Å²) in [5.74, 6) is -0.294. The molecule has 1 heterocycles. The predicted octanol–water partition coefficient (Wildman–Crippen LogP) is 0.179. The lowest BCUT2D eigenvalue weighted by molar-refractivity contribution is -0.118. The van der Waals surface area contributed by atoms with Crippen molar-refractivity contribution in [1.82, 2.24) is 15.0 Å². The molecule has 0 aliphatic heterocycles. The average Bonchev–Trinajstić information content (AvgIpc) is 2.93. The van der Waals surface area contributed by atoms with E-state index in [2.05, 4.69) is 15.6 Å². The number of nitrogens with two attached hydrogens (primary N) is 1. The minimum absolute atomic E-state index is 0.175.